The number of para-hydroxylation sites is 2. The number of H-pyrrole nitrogens is 2. The van der Waals surface area contributed by atoms with Gasteiger partial charge in [0.15, 0.2) is 11.5 Å². The Hall–Kier alpha value is -4.06. The summed E-state index contributed by atoms with van der Waals surface area (Å²) >= 11 is 0. The van der Waals surface area contributed by atoms with Gasteiger partial charge in [0, 0.05) is 44.3 Å². The van der Waals surface area contributed by atoms with Gasteiger partial charge in [0.05, 0.1) is 11.1 Å². The van der Waals surface area contributed by atoms with Crippen molar-refractivity contribution in [3.63, 3.8) is 0 Å². The molecule has 6 heteroatoms. The number of nitrogens with one attached hydrogen (secondary N) is 2. The fourth-order valence-corrected chi connectivity index (χ4v) is 5.19. The lowest BCUT2D eigenvalue weighted by atomic mass is 9.83. The summed E-state index contributed by atoms with van der Waals surface area (Å²) in [7, 11) is 0. The maximum Gasteiger partial charge on any atom is 0.232 e. The minimum atomic E-state index is -0.740. The predicted molar refractivity (Wildman–Crippen MR) is 143 cm³/mol. The molecule has 1 aliphatic rings. The van der Waals surface area contributed by atoms with Gasteiger partial charge in [0.2, 0.25) is 11.6 Å². The highest BCUT2D eigenvalue weighted by Crippen LogP contribution is 2.41. The molecule has 0 saturated carbocycles. The maximum absolute atomic E-state index is 13.7. The van der Waals surface area contributed by atoms with Crippen LogP contribution in [0.4, 0.5) is 0 Å². The molecule has 36 heavy (non-hydrogen) atoms. The monoisotopic (exact) mass is 482 g/mol. The van der Waals surface area contributed by atoms with Crippen molar-refractivity contribution in [2.45, 2.75) is 52.4 Å². The van der Waals surface area contributed by atoms with Crippen molar-refractivity contribution in [1.29, 1.82) is 0 Å². The second-order valence-electron chi connectivity index (χ2n) is 9.36. The van der Waals surface area contributed by atoms with Crippen LogP contribution in [0.15, 0.2) is 60.0 Å². The molecular weight excluding hydrogens is 452 g/mol. The van der Waals surface area contributed by atoms with Crippen molar-refractivity contribution in [3.05, 3.63) is 82.6 Å². The topological polar surface area (TPSA) is 106 Å². The minimum Gasteiger partial charge on any atom is -0.504 e. The van der Waals surface area contributed by atoms with E-state index in [0.717, 1.165) is 58.9 Å². The first-order valence-electron chi connectivity index (χ1n) is 12.6. The number of aliphatic hydroxyl groups excluding tert-OH is 2. The minimum absolute atomic E-state index is 0.139. The molecular formula is C30H30N2O4. The Morgan fingerprint density at radius 3 is 1.42 bits per heavy atom. The van der Waals surface area contributed by atoms with E-state index in [-0.39, 0.29) is 11.1 Å². The molecule has 184 valence electrons. The number of unbranched alkanes of at least 4 members (excludes halogenated alkanes) is 2. The third-order valence-corrected chi connectivity index (χ3v) is 6.99. The summed E-state index contributed by atoms with van der Waals surface area (Å²) in [4.78, 5) is 34.1. The van der Waals surface area contributed by atoms with Crippen LogP contribution in [0, 0.1) is 0 Å². The van der Waals surface area contributed by atoms with Crippen molar-refractivity contribution in [2.75, 3.05) is 0 Å². The molecule has 0 aliphatic heterocycles. The second-order valence-corrected chi connectivity index (χ2v) is 9.36. The predicted octanol–water partition coefficient (Wildman–Crippen LogP) is 6.72. The zero-order valence-corrected chi connectivity index (χ0v) is 20.6. The van der Waals surface area contributed by atoms with E-state index < -0.39 is 23.1 Å². The van der Waals surface area contributed by atoms with Crippen LogP contribution in [0.3, 0.4) is 0 Å². The van der Waals surface area contributed by atoms with Crippen LogP contribution < -0.4 is 0 Å². The maximum atomic E-state index is 13.7. The van der Waals surface area contributed by atoms with E-state index in [2.05, 4.69) is 23.8 Å². The first-order chi connectivity index (χ1) is 17.5. The number of aryl methyl sites for hydroxylation is 2. The Morgan fingerprint density at radius 1 is 0.639 bits per heavy atom. The van der Waals surface area contributed by atoms with E-state index in [9.17, 15) is 19.8 Å². The first kappa shape index (κ1) is 23.7. The zero-order valence-electron chi connectivity index (χ0n) is 20.6. The lowest BCUT2D eigenvalue weighted by molar-refractivity contribution is -0.116. The highest BCUT2D eigenvalue weighted by molar-refractivity contribution is 6.48. The Balaban J connectivity index is 1.71. The molecule has 0 bridgehead atoms. The molecule has 4 aromatic rings. The third-order valence-electron chi connectivity index (χ3n) is 6.99. The van der Waals surface area contributed by atoms with E-state index in [1.165, 1.54) is 0 Å². The quantitative estimate of drug-likeness (QED) is 0.209. The summed E-state index contributed by atoms with van der Waals surface area (Å²) in [5, 5.41) is 24.0. The number of fused-ring (bicyclic) bond motifs is 2. The van der Waals surface area contributed by atoms with Crippen LogP contribution in [0.5, 0.6) is 0 Å². The Morgan fingerprint density at radius 2 is 1.03 bits per heavy atom. The molecule has 2 aromatic heterocycles. The van der Waals surface area contributed by atoms with Gasteiger partial charge >= 0.3 is 0 Å². The summed E-state index contributed by atoms with van der Waals surface area (Å²) < 4.78 is 0. The normalized spacial score (nSPS) is 14.6. The van der Waals surface area contributed by atoms with Crippen LogP contribution in [0.1, 0.15) is 62.0 Å². The van der Waals surface area contributed by atoms with Crippen molar-refractivity contribution >= 4 is 44.5 Å². The number of benzene rings is 2. The molecule has 5 rings (SSSR count). The number of carbonyl (C=O) groups excluding carboxylic acids is 2. The summed E-state index contributed by atoms with van der Waals surface area (Å²) in [6.07, 6.45) is 4.95. The molecule has 0 amide bonds. The molecule has 0 radical (unpaired) electrons. The molecule has 2 aromatic carbocycles. The number of ketones is 2. The molecule has 0 saturated heterocycles. The number of aromatic nitrogens is 2. The van der Waals surface area contributed by atoms with E-state index in [4.69, 9.17) is 0 Å². The van der Waals surface area contributed by atoms with Gasteiger partial charge in [-0.2, -0.15) is 0 Å². The number of allylic oxidation sites excluding steroid dienone is 2. The first-order valence-corrected chi connectivity index (χ1v) is 12.6. The van der Waals surface area contributed by atoms with Crippen LogP contribution in [-0.2, 0) is 22.4 Å². The molecule has 0 unspecified atom stereocenters. The van der Waals surface area contributed by atoms with E-state index in [1.807, 2.05) is 48.5 Å². The number of aromatic amines is 2. The van der Waals surface area contributed by atoms with Crippen LogP contribution in [0.2, 0.25) is 0 Å². The van der Waals surface area contributed by atoms with E-state index in [1.54, 1.807) is 0 Å². The Labute approximate surface area is 209 Å². The van der Waals surface area contributed by atoms with Crippen LogP contribution >= 0.6 is 0 Å². The molecule has 0 atom stereocenters. The number of hydrogen-bond acceptors (Lipinski definition) is 4. The number of rotatable bonds is 8. The summed E-state index contributed by atoms with van der Waals surface area (Å²) in [6.45, 7) is 4.15. The molecule has 6 nitrogen and oxygen atoms in total. The fourth-order valence-electron chi connectivity index (χ4n) is 5.19. The van der Waals surface area contributed by atoms with E-state index >= 15 is 0 Å². The largest absolute Gasteiger partial charge is 0.504 e. The standard InChI is InChI=1S/C30H30N2O4/c1-3-5-13-21-23(17-11-7-9-15-19(17)31-21)25-27(33)29(35)26(30(36)28(25)34)24-18-12-8-10-16-20(18)32-22(24)14-6-4-2/h7-12,15-16,31-33,36H,3-6,13-14H2,1-2H3. The molecule has 2 heterocycles. The molecule has 4 N–H and O–H groups in total. The van der Waals surface area contributed by atoms with Crippen molar-refractivity contribution in [3.8, 4) is 0 Å². The number of carbonyl (C=O) groups is 2. The van der Waals surface area contributed by atoms with Crippen molar-refractivity contribution in [2.24, 2.45) is 0 Å². The van der Waals surface area contributed by atoms with Gasteiger partial charge in [-0.1, -0.05) is 63.1 Å². The highest BCUT2D eigenvalue weighted by atomic mass is 16.3. The Kier molecular flexibility index (Phi) is 6.27. The van der Waals surface area contributed by atoms with Crippen LogP contribution in [0.25, 0.3) is 33.0 Å². The number of aliphatic hydroxyl groups is 2. The third kappa shape index (κ3) is 3.73. The number of Topliss-reactive ketones (excluding diaryl/α,β-unsaturated/α-hetero) is 2. The van der Waals surface area contributed by atoms with Gasteiger partial charge in [-0.05, 0) is 37.8 Å². The Bertz CT molecular complexity index is 1450. The summed E-state index contributed by atoms with van der Waals surface area (Å²) in [6, 6.07) is 15.0. The molecule has 0 fully saturated rings. The van der Waals surface area contributed by atoms with Gasteiger partial charge in [0.25, 0.3) is 0 Å². The summed E-state index contributed by atoms with van der Waals surface area (Å²) in [5.74, 6) is -2.73. The van der Waals surface area contributed by atoms with Gasteiger partial charge in [0.1, 0.15) is 0 Å². The average molecular weight is 483 g/mol. The number of hydrogen-bond donors (Lipinski definition) is 4. The lowest BCUT2D eigenvalue weighted by Gasteiger charge is -2.19. The smallest absolute Gasteiger partial charge is 0.232 e. The highest BCUT2D eigenvalue weighted by Gasteiger charge is 2.39. The van der Waals surface area contributed by atoms with Gasteiger partial charge in [-0.3, -0.25) is 9.59 Å². The van der Waals surface area contributed by atoms with Gasteiger partial charge in [-0.25, -0.2) is 0 Å². The van der Waals surface area contributed by atoms with E-state index in [0.29, 0.717) is 24.0 Å². The molecule has 0 spiro atoms. The second kappa shape index (κ2) is 9.53. The molecule has 1 aliphatic carbocycles. The fraction of sp³-hybridized carbons (Fsp3) is 0.267. The zero-order chi connectivity index (χ0) is 25.4. The van der Waals surface area contributed by atoms with Crippen LogP contribution in [-0.4, -0.2) is 31.7 Å². The lowest BCUT2D eigenvalue weighted by Crippen LogP contribution is -2.23. The van der Waals surface area contributed by atoms with Gasteiger partial charge in [-0.15, -0.1) is 0 Å². The summed E-state index contributed by atoms with van der Waals surface area (Å²) in [5.41, 5.74) is 3.87. The van der Waals surface area contributed by atoms with Crippen molar-refractivity contribution < 1.29 is 19.8 Å². The average Bonchev–Trinajstić information content (AvgIpc) is 3.44. The van der Waals surface area contributed by atoms with Gasteiger partial charge < -0.3 is 20.2 Å². The van der Waals surface area contributed by atoms with Crippen molar-refractivity contribution in [1.82, 2.24) is 9.97 Å². The SMILES string of the molecule is CCCCc1[nH]c2ccccc2c1C1=C(O)C(=O)C(c2c(CCCC)[nH]c3ccccc23)=C(O)C1=O.